The Hall–Kier alpha value is -4.28. The molecule has 200 valence electrons. The Morgan fingerprint density at radius 1 is 1.13 bits per heavy atom. The molecule has 0 saturated heterocycles. The first kappa shape index (κ1) is 26.8. The molecule has 38 heavy (non-hydrogen) atoms. The number of unbranched alkanes of at least 4 members (excludes halogenated alkanes) is 1. The van der Waals surface area contributed by atoms with Crippen molar-refractivity contribution < 1.29 is 14.5 Å². The number of hydrogen-bond acceptors (Lipinski definition) is 8. The maximum Gasteiger partial charge on any atom is 0.269 e. The molecule has 0 aliphatic heterocycles. The van der Waals surface area contributed by atoms with E-state index in [0.717, 1.165) is 40.8 Å². The number of non-ortho nitro benzene ring substituents is 1. The largest absolute Gasteiger partial charge is 0.496 e. The van der Waals surface area contributed by atoms with Crippen molar-refractivity contribution in [2.75, 3.05) is 25.5 Å². The van der Waals surface area contributed by atoms with E-state index in [9.17, 15) is 14.9 Å². The van der Waals surface area contributed by atoms with Crippen LogP contribution in [-0.2, 0) is 11.2 Å². The van der Waals surface area contributed by atoms with Crippen LogP contribution in [0.5, 0.6) is 5.75 Å². The Kier molecular flexibility index (Phi) is 8.35. The molecule has 0 aliphatic carbocycles. The lowest BCUT2D eigenvalue weighted by Gasteiger charge is -2.14. The second kappa shape index (κ2) is 11.8. The van der Waals surface area contributed by atoms with Crippen molar-refractivity contribution in [2.45, 2.75) is 46.5 Å². The SMILES string of the molecule is COc1cc2nc(NCCCCNC(=O)CC(C)C)c3nnc(C)n3c2cc1Cc1ccc([N+](=O)[O-])cc1. The van der Waals surface area contributed by atoms with Crippen LogP contribution in [0.15, 0.2) is 36.4 Å². The molecule has 0 spiro atoms. The average molecular weight is 520 g/mol. The van der Waals surface area contributed by atoms with Gasteiger partial charge in [-0.1, -0.05) is 26.0 Å². The number of hydrogen-bond donors (Lipinski definition) is 2. The lowest BCUT2D eigenvalue weighted by molar-refractivity contribution is -0.384. The Labute approximate surface area is 220 Å². The molecule has 11 heteroatoms. The number of aryl methyl sites for hydroxylation is 1. The van der Waals surface area contributed by atoms with Crippen LogP contribution in [-0.4, -0.2) is 50.6 Å². The van der Waals surface area contributed by atoms with Crippen molar-refractivity contribution in [2.24, 2.45) is 5.92 Å². The normalized spacial score (nSPS) is 11.3. The third-order valence-corrected chi connectivity index (χ3v) is 6.24. The summed E-state index contributed by atoms with van der Waals surface area (Å²) >= 11 is 0. The number of rotatable bonds is 12. The van der Waals surface area contributed by atoms with E-state index in [0.29, 0.717) is 49.1 Å². The lowest BCUT2D eigenvalue weighted by Crippen LogP contribution is -2.25. The summed E-state index contributed by atoms with van der Waals surface area (Å²) in [6.45, 7) is 7.27. The Morgan fingerprint density at radius 3 is 2.55 bits per heavy atom. The van der Waals surface area contributed by atoms with Gasteiger partial charge in [0.25, 0.3) is 5.69 Å². The smallest absolute Gasteiger partial charge is 0.269 e. The molecular formula is C27H33N7O4. The van der Waals surface area contributed by atoms with Gasteiger partial charge in [-0.15, -0.1) is 10.2 Å². The van der Waals surface area contributed by atoms with Crippen molar-refractivity contribution in [3.63, 3.8) is 0 Å². The van der Waals surface area contributed by atoms with Gasteiger partial charge in [-0.3, -0.25) is 19.3 Å². The fourth-order valence-corrected chi connectivity index (χ4v) is 4.37. The average Bonchev–Trinajstić information content (AvgIpc) is 3.27. The molecule has 0 fully saturated rings. The quantitative estimate of drug-likeness (QED) is 0.159. The minimum absolute atomic E-state index is 0.0566. The summed E-state index contributed by atoms with van der Waals surface area (Å²) in [5.74, 6) is 2.48. The van der Waals surface area contributed by atoms with E-state index >= 15 is 0 Å². The standard InChI is InChI=1S/C27H33N7O4/c1-17(2)13-25(35)28-11-5-6-12-29-26-27-32-31-18(3)33(27)23-15-20(24(38-4)16-22(23)30-26)14-19-7-9-21(10-8-19)34(36)37/h7-10,15-17H,5-6,11-14H2,1-4H3,(H,28,35)(H,29,30). The van der Waals surface area contributed by atoms with Gasteiger partial charge in [0.05, 0.1) is 23.1 Å². The topological polar surface area (TPSA) is 137 Å². The predicted molar refractivity (Wildman–Crippen MR) is 146 cm³/mol. The van der Waals surface area contributed by atoms with Crippen LogP contribution in [0.25, 0.3) is 16.7 Å². The number of nitro groups is 1. The van der Waals surface area contributed by atoms with Crippen LogP contribution < -0.4 is 15.4 Å². The van der Waals surface area contributed by atoms with E-state index < -0.39 is 4.92 Å². The molecule has 0 bridgehead atoms. The van der Waals surface area contributed by atoms with Crippen molar-refractivity contribution in [1.82, 2.24) is 24.9 Å². The molecule has 1 amide bonds. The van der Waals surface area contributed by atoms with E-state index in [2.05, 4.69) is 20.8 Å². The van der Waals surface area contributed by atoms with E-state index in [1.165, 1.54) is 12.1 Å². The zero-order valence-corrected chi connectivity index (χ0v) is 22.2. The highest BCUT2D eigenvalue weighted by molar-refractivity contribution is 5.85. The molecule has 0 unspecified atom stereocenters. The van der Waals surface area contributed by atoms with Crippen LogP contribution >= 0.6 is 0 Å². The number of benzene rings is 2. The highest BCUT2D eigenvalue weighted by Crippen LogP contribution is 2.30. The fraction of sp³-hybridized carbons (Fsp3) is 0.407. The van der Waals surface area contributed by atoms with Gasteiger partial charge < -0.3 is 15.4 Å². The van der Waals surface area contributed by atoms with Gasteiger partial charge in [0.1, 0.15) is 11.6 Å². The highest BCUT2D eigenvalue weighted by atomic mass is 16.6. The van der Waals surface area contributed by atoms with Crippen LogP contribution in [0.2, 0.25) is 0 Å². The Balaban J connectivity index is 1.53. The fourth-order valence-electron chi connectivity index (χ4n) is 4.37. The molecule has 2 N–H and O–H groups in total. The minimum Gasteiger partial charge on any atom is -0.496 e. The number of methoxy groups -OCH3 is 1. The lowest BCUT2D eigenvalue weighted by atomic mass is 10.0. The first-order chi connectivity index (χ1) is 18.3. The predicted octanol–water partition coefficient (Wildman–Crippen LogP) is 4.45. The molecule has 2 heterocycles. The van der Waals surface area contributed by atoms with E-state index in [1.54, 1.807) is 19.2 Å². The number of amides is 1. The number of nitrogens with zero attached hydrogens (tertiary/aromatic N) is 5. The molecule has 2 aromatic heterocycles. The molecule has 11 nitrogen and oxygen atoms in total. The highest BCUT2D eigenvalue weighted by Gasteiger charge is 2.16. The maximum atomic E-state index is 11.8. The van der Waals surface area contributed by atoms with Crippen LogP contribution in [0, 0.1) is 23.0 Å². The molecule has 0 atom stereocenters. The molecule has 0 aliphatic rings. The molecule has 2 aromatic carbocycles. The van der Waals surface area contributed by atoms with Gasteiger partial charge in [-0.25, -0.2) is 4.98 Å². The van der Waals surface area contributed by atoms with Crippen molar-refractivity contribution in [3.8, 4) is 5.75 Å². The molecular weight excluding hydrogens is 486 g/mol. The third-order valence-electron chi connectivity index (χ3n) is 6.24. The van der Waals surface area contributed by atoms with Crippen LogP contribution in [0.4, 0.5) is 11.5 Å². The zero-order chi connectivity index (χ0) is 27.2. The maximum absolute atomic E-state index is 11.8. The number of anilines is 1. The Morgan fingerprint density at radius 2 is 1.87 bits per heavy atom. The second-order valence-electron chi connectivity index (χ2n) is 9.70. The van der Waals surface area contributed by atoms with Crippen LogP contribution in [0.1, 0.15) is 50.1 Å². The number of nitro benzene ring substituents is 1. The van der Waals surface area contributed by atoms with Crippen LogP contribution in [0.3, 0.4) is 0 Å². The summed E-state index contributed by atoms with van der Waals surface area (Å²) in [5.41, 5.74) is 4.11. The first-order valence-corrected chi connectivity index (χ1v) is 12.7. The van der Waals surface area contributed by atoms with E-state index in [1.807, 2.05) is 37.3 Å². The Bertz CT molecular complexity index is 1450. The van der Waals surface area contributed by atoms with Gasteiger partial charge in [-0.05, 0) is 37.3 Å². The summed E-state index contributed by atoms with van der Waals surface area (Å²) in [6, 6.07) is 10.4. The summed E-state index contributed by atoms with van der Waals surface area (Å²) in [5, 5.41) is 26.0. The van der Waals surface area contributed by atoms with Gasteiger partial charge >= 0.3 is 0 Å². The first-order valence-electron chi connectivity index (χ1n) is 12.7. The zero-order valence-electron chi connectivity index (χ0n) is 22.2. The van der Waals surface area contributed by atoms with Crippen molar-refractivity contribution in [3.05, 3.63) is 63.5 Å². The summed E-state index contributed by atoms with van der Waals surface area (Å²) in [6.07, 6.45) is 2.79. The number of ether oxygens (including phenoxy) is 1. The number of fused-ring (bicyclic) bond motifs is 3. The van der Waals surface area contributed by atoms with Gasteiger partial charge in [0.15, 0.2) is 5.82 Å². The molecule has 4 aromatic rings. The second-order valence-corrected chi connectivity index (χ2v) is 9.70. The molecule has 0 radical (unpaired) electrons. The molecule has 4 rings (SSSR count). The van der Waals surface area contributed by atoms with Crippen molar-refractivity contribution >= 4 is 34.1 Å². The molecule has 0 saturated carbocycles. The van der Waals surface area contributed by atoms with Gasteiger partial charge in [0.2, 0.25) is 11.6 Å². The number of carbonyl (C=O) groups is 1. The monoisotopic (exact) mass is 519 g/mol. The van der Waals surface area contributed by atoms with Crippen molar-refractivity contribution in [1.29, 1.82) is 0 Å². The summed E-state index contributed by atoms with van der Waals surface area (Å²) in [7, 11) is 1.61. The number of carbonyl (C=O) groups excluding carboxylic acids is 1. The number of aromatic nitrogens is 4. The number of nitrogens with one attached hydrogen (secondary N) is 2. The summed E-state index contributed by atoms with van der Waals surface area (Å²) in [4.78, 5) is 27.2. The van der Waals surface area contributed by atoms with Gasteiger partial charge in [0, 0.05) is 49.7 Å². The third kappa shape index (κ3) is 6.16. The van der Waals surface area contributed by atoms with E-state index in [-0.39, 0.29) is 11.6 Å². The summed E-state index contributed by atoms with van der Waals surface area (Å²) < 4.78 is 7.64. The van der Waals surface area contributed by atoms with E-state index in [4.69, 9.17) is 9.72 Å². The van der Waals surface area contributed by atoms with Gasteiger partial charge in [-0.2, -0.15) is 0 Å². The minimum atomic E-state index is -0.408.